The Hall–Kier alpha value is -3.24. The van der Waals surface area contributed by atoms with Crippen LogP contribution in [0.3, 0.4) is 0 Å². The number of fused-ring (bicyclic) bond motifs is 1. The molecule has 7 heteroatoms. The van der Waals surface area contributed by atoms with Gasteiger partial charge < -0.3 is 5.32 Å². The van der Waals surface area contributed by atoms with Crippen LogP contribution in [0, 0.1) is 11.3 Å². The molecule has 3 aromatic rings. The number of carbonyl (C=O) groups excluding carboxylic acids is 1. The van der Waals surface area contributed by atoms with Crippen molar-refractivity contribution in [2.45, 2.75) is 31.7 Å². The van der Waals surface area contributed by atoms with Gasteiger partial charge in [0, 0.05) is 17.8 Å². The number of hydrogen-bond acceptors (Lipinski definition) is 5. The summed E-state index contributed by atoms with van der Waals surface area (Å²) in [7, 11) is 0. The predicted molar refractivity (Wildman–Crippen MR) is 106 cm³/mol. The Morgan fingerprint density at radius 1 is 1.21 bits per heavy atom. The maximum atomic E-state index is 12.6. The van der Waals surface area contributed by atoms with Gasteiger partial charge >= 0.3 is 0 Å². The zero-order chi connectivity index (χ0) is 19.5. The van der Waals surface area contributed by atoms with E-state index >= 15 is 0 Å². The topological polar surface area (TPSA) is 86.3 Å². The average molecular weight is 374 g/mol. The van der Waals surface area contributed by atoms with E-state index < -0.39 is 0 Å². The first kappa shape index (κ1) is 18.1. The third-order valence-corrected chi connectivity index (χ3v) is 5.42. The number of anilines is 1. The van der Waals surface area contributed by atoms with Gasteiger partial charge in [0.15, 0.2) is 5.65 Å². The van der Waals surface area contributed by atoms with Crippen molar-refractivity contribution in [1.82, 2.24) is 19.5 Å². The zero-order valence-corrected chi connectivity index (χ0v) is 15.7. The summed E-state index contributed by atoms with van der Waals surface area (Å²) < 4.78 is 2.05. The number of nitriles is 1. The first-order valence-electron chi connectivity index (χ1n) is 9.50. The van der Waals surface area contributed by atoms with Crippen molar-refractivity contribution in [3.8, 4) is 6.07 Å². The van der Waals surface area contributed by atoms with Crippen LogP contribution in [0.1, 0.15) is 37.1 Å². The zero-order valence-electron chi connectivity index (χ0n) is 15.7. The standard InChI is InChI=1S/C21H22N6O/c1-15(21(28)23-18-6-4-5-16(13-18)14-22)26-11-8-17(9-12-26)20-25-24-19-7-2-3-10-27(19)20/h2-7,10,13,15,17H,8-9,11-12H2,1H3,(H,23,28)/t15-/m0/s1. The first-order chi connectivity index (χ1) is 13.7. The van der Waals surface area contributed by atoms with E-state index in [0.29, 0.717) is 17.2 Å². The van der Waals surface area contributed by atoms with Crippen molar-refractivity contribution in [2.24, 2.45) is 0 Å². The molecule has 0 bridgehead atoms. The van der Waals surface area contributed by atoms with Gasteiger partial charge in [0.1, 0.15) is 5.82 Å². The number of amides is 1. The van der Waals surface area contributed by atoms with Crippen molar-refractivity contribution in [1.29, 1.82) is 5.26 Å². The predicted octanol–water partition coefficient (Wildman–Crippen LogP) is 2.81. The lowest BCUT2D eigenvalue weighted by atomic mass is 9.95. The molecule has 1 aliphatic heterocycles. The smallest absolute Gasteiger partial charge is 0.241 e. The molecule has 7 nitrogen and oxygen atoms in total. The lowest BCUT2D eigenvalue weighted by molar-refractivity contribution is -0.121. The molecule has 1 amide bonds. The van der Waals surface area contributed by atoms with Crippen LogP contribution >= 0.6 is 0 Å². The second kappa shape index (κ2) is 7.79. The molecule has 2 aromatic heterocycles. The summed E-state index contributed by atoms with van der Waals surface area (Å²) >= 11 is 0. The van der Waals surface area contributed by atoms with E-state index in [1.807, 2.05) is 31.3 Å². The van der Waals surface area contributed by atoms with Crippen LogP contribution in [0.5, 0.6) is 0 Å². The molecule has 3 heterocycles. The van der Waals surface area contributed by atoms with E-state index in [-0.39, 0.29) is 11.9 Å². The summed E-state index contributed by atoms with van der Waals surface area (Å²) in [5, 5.41) is 20.5. The van der Waals surface area contributed by atoms with Gasteiger partial charge in [0.05, 0.1) is 17.7 Å². The lowest BCUT2D eigenvalue weighted by Gasteiger charge is -2.34. The summed E-state index contributed by atoms with van der Waals surface area (Å²) in [6, 6.07) is 14.7. The first-order valence-corrected chi connectivity index (χ1v) is 9.50. The van der Waals surface area contributed by atoms with Crippen LogP contribution in [-0.4, -0.2) is 44.5 Å². The maximum Gasteiger partial charge on any atom is 0.241 e. The summed E-state index contributed by atoms with van der Waals surface area (Å²) in [6.45, 7) is 3.59. The van der Waals surface area contributed by atoms with E-state index in [1.165, 1.54) is 0 Å². The molecule has 1 aromatic carbocycles. The highest BCUT2D eigenvalue weighted by molar-refractivity contribution is 5.94. The third kappa shape index (κ3) is 3.59. The van der Waals surface area contributed by atoms with Crippen molar-refractivity contribution in [3.05, 3.63) is 60.0 Å². The monoisotopic (exact) mass is 374 g/mol. The quantitative estimate of drug-likeness (QED) is 0.759. The minimum Gasteiger partial charge on any atom is -0.325 e. The number of rotatable bonds is 4. The van der Waals surface area contributed by atoms with Crippen LogP contribution in [0.2, 0.25) is 0 Å². The number of benzene rings is 1. The fraction of sp³-hybridized carbons (Fsp3) is 0.333. The molecule has 142 valence electrons. The van der Waals surface area contributed by atoms with Crippen LogP contribution in [0.25, 0.3) is 5.65 Å². The molecule has 4 rings (SSSR count). The Morgan fingerprint density at radius 3 is 2.82 bits per heavy atom. The number of nitrogens with one attached hydrogen (secondary N) is 1. The van der Waals surface area contributed by atoms with Crippen molar-refractivity contribution in [2.75, 3.05) is 18.4 Å². The Morgan fingerprint density at radius 2 is 2.04 bits per heavy atom. The molecule has 1 atom stereocenters. The highest BCUT2D eigenvalue weighted by atomic mass is 16.2. The number of pyridine rings is 1. The van der Waals surface area contributed by atoms with Gasteiger partial charge in [-0.3, -0.25) is 14.1 Å². The lowest BCUT2D eigenvalue weighted by Crippen LogP contribution is -2.45. The number of hydrogen-bond donors (Lipinski definition) is 1. The molecule has 28 heavy (non-hydrogen) atoms. The minimum atomic E-state index is -0.234. The Bertz CT molecular complexity index is 1030. The van der Waals surface area contributed by atoms with E-state index in [2.05, 4.69) is 30.9 Å². The van der Waals surface area contributed by atoms with Gasteiger partial charge in [-0.05, 0) is 63.2 Å². The normalized spacial score (nSPS) is 16.6. The van der Waals surface area contributed by atoms with Gasteiger partial charge in [0.25, 0.3) is 0 Å². The molecule has 1 fully saturated rings. The van der Waals surface area contributed by atoms with Crippen molar-refractivity contribution < 1.29 is 4.79 Å². The van der Waals surface area contributed by atoms with Crippen LogP contribution in [-0.2, 0) is 4.79 Å². The molecule has 0 unspecified atom stereocenters. The molecule has 0 aliphatic carbocycles. The Labute approximate surface area is 163 Å². The molecular formula is C21H22N6O. The third-order valence-electron chi connectivity index (χ3n) is 5.42. The summed E-state index contributed by atoms with van der Waals surface area (Å²) in [5.74, 6) is 1.29. The van der Waals surface area contributed by atoms with Crippen molar-refractivity contribution >= 4 is 17.2 Å². The fourth-order valence-corrected chi connectivity index (χ4v) is 3.76. The van der Waals surface area contributed by atoms with E-state index in [1.54, 1.807) is 24.3 Å². The number of nitrogens with zero attached hydrogens (tertiary/aromatic N) is 5. The Kier molecular flexibility index (Phi) is 5.04. The molecule has 1 aliphatic rings. The second-order valence-electron chi connectivity index (χ2n) is 7.16. The Balaban J connectivity index is 1.37. The summed E-state index contributed by atoms with van der Waals surface area (Å²) in [5.41, 5.74) is 2.06. The highest BCUT2D eigenvalue weighted by Crippen LogP contribution is 2.28. The second-order valence-corrected chi connectivity index (χ2v) is 7.16. The van der Waals surface area contributed by atoms with Crippen LogP contribution < -0.4 is 5.32 Å². The van der Waals surface area contributed by atoms with Gasteiger partial charge in [-0.15, -0.1) is 10.2 Å². The minimum absolute atomic E-state index is 0.0542. The molecular weight excluding hydrogens is 352 g/mol. The van der Waals surface area contributed by atoms with Crippen molar-refractivity contribution in [3.63, 3.8) is 0 Å². The van der Waals surface area contributed by atoms with Gasteiger partial charge in [-0.1, -0.05) is 12.1 Å². The van der Waals surface area contributed by atoms with Crippen LogP contribution in [0.15, 0.2) is 48.7 Å². The highest BCUT2D eigenvalue weighted by Gasteiger charge is 2.29. The maximum absolute atomic E-state index is 12.6. The van der Waals surface area contributed by atoms with Gasteiger partial charge in [-0.2, -0.15) is 5.26 Å². The largest absolute Gasteiger partial charge is 0.325 e. The number of aromatic nitrogens is 3. The molecule has 1 N–H and O–H groups in total. The fourth-order valence-electron chi connectivity index (χ4n) is 3.76. The molecule has 0 saturated carbocycles. The van der Waals surface area contributed by atoms with E-state index in [4.69, 9.17) is 5.26 Å². The number of carbonyl (C=O) groups is 1. The molecule has 0 spiro atoms. The average Bonchev–Trinajstić information content (AvgIpc) is 3.17. The molecule has 1 saturated heterocycles. The molecule has 0 radical (unpaired) electrons. The van der Waals surface area contributed by atoms with E-state index in [9.17, 15) is 4.79 Å². The van der Waals surface area contributed by atoms with Crippen LogP contribution in [0.4, 0.5) is 5.69 Å². The number of likely N-dealkylation sites (tertiary alicyclic amines) is 1. The number of piperidine rings is 1. The summed E-state index contributed by atoms with van der Waals surface area (Å²) in [6.07, 6.45) is 3.89. The van der Waals surface area contributed by atoms with Gasteiger partial charge in [0.2, 0.25) is 5.91 Å². The SMILES string of the molecule is C[C@@H](C(=O)Nc1cccc(C#N)c1)N1CCC(c2nnc3ccccn23)CC1. The summed E-state index contributed by atoms with van der Waals surface area (Å²) in [4.78, 5) is 14.8. The van der Waals surface area contributed by atoms with Gasteiger partial charge in [-0.25, -0.2) is 0 Å². The van der Waals surface area contributed by atoms with E-state index in [0.717, 1.165) is 37.4 Å².